The van der Waals surface area contributed by atoms with Gasteiger partial charge < -0.3 is 10.6 Å². The third kappa shape index (κ3) is 5.16. The number of amides is 1. The average molecular weight is 304 g/mol. The van der Waals surface area contributed by atoms with Crippen molar-refractivity contribution in [3.05, 3.63) is 35.4 Å². The summed E-state index contributed by atoms with van der Waals surface area (Å²) in [5.41, 5.74) is 5.14. The summed E-state index contributed by atoms with van der Waals surface area (Å²) >= 11 is 4.71. The molecule has 0 saturated heterocycles. The number of carbonyl (C=O) groups excluding carboxylic acids is 1. The normalized spacial score (nSPS) is 11.2. The number of rotatable bonds is 5. The summed E-state index contributed by atoms with van der Waals surface area (Å²) in [6.45, 7) is 0.398. The smallest absolute Gasteiger partial charge is 0.393 e. The van der Waals surface area contributed by atoms with E-state index >= 15 is 0 Å². The van der Waals surface area contributed by atoms with Crippen molar-refractivity contribution in [3.63, 3.8) is 0 Å². The van der Waals surface area contributed by atoms with Gasteiger partial charge in [-0.05, 0) is 17.7 Å². The lowest BCUT2D eigenvalue weighted by Crippen LogP contribution is -2.31. The van der Waals surface area contributed by atoms with E-state index in [1.165, 1.54) is 17.0 Å². The van der Waals surface area contributed by atoms with Gasteiger partial charge in [-0.25, -0.2) is 0 Å². The van der Waals surface area contributed by atoms with E-state index in [2.05, 4.69) is 0 Å². The number of thiocarbonyl (C=S) groups is 1. The fraction of sp³-hybridized carbons (Fsp3) is 0.385. The molecule has 0 aliphatic rings. The third-order valence-electron chi connectivity index (χ3n) is 2.76. The van der Waals surface area contributed by atoms with Gasteiger partial charge in [0.15, 0.2) is 0 Å². The fourth-order valence-corrected chi connectivity index (χ4v) is 1.62. The van der Waals surface area contributed by atoms with Crippen molar-refractivity contribution in [2.75, 3.05) is 13.6 Å². The van der Waals surface area contributed by atoms with Gasteiger partial charge in [0, 0.05) is 20.0 Å². The molecule has 20 heavy (non-hydrogen) atoms. The van der Waals surface area contributed by atoms with Crippen molar-refractivity contribution in [1.29, 1.82) is 0 Å². The Morgan fingerprint density at radius 2 is 1.85 bits per heavy atom. The minimum atomic E-state index is -4.36. The number of hydrogen-bond acceptors (Lipinski definition) is 2. The second kappa shape index (κ2) is 6.69. The molecule has 0 spiro atoms. The zero-order valence-corrected chi connectivity index (χ0v) is 11.7. The maximum absolute atomic E-state index is 12.4. The average Bonchev–Trinajstić information content (AvgIpc) is 2.35. The molecule has 1 aromatic carbocycles. The SMILES string of the molecule is CN(CCC(N)=S)C(=O)Cc1ccc(C(F)(F)F)cc1. The van der Waals surface area contributed by atoms with E-state index in [-0.39, 0.29) is 12.3 Å². The number of nitrogens with zero attached hydrogens (tertiary/aromatic N) is 1. The van der Waals surface area contributed by atoms with Crippen LogP contribution in [0, 0.1) is 0 Å². The molecule has 3 nitrogen and oxygen atoms in total. The highest BCUT2D eigenvalue weighted by Crippen LogP contribution is 2.29. The Morgan fingerprint density at radius 1 is 1.30 bits per heavy atom. The number of halogens is 3. The molecule has 0 radical (unpaired) electrons. The van der Waals surface area contributed by atoms with E-state index in [9.17, 15) is 18.0 Å². The summed E-state index contributed by atoms with van der Waals surface area (Å²) < 4.78 is 37.2. The monoisotopic (exact) mass is 304 g/mol. The molecule has 0 bridgehead atoms. The van der Waals surface area contributed by atoms with Crippen LogP contribution in [0.15, 0.2) is 24.3 Å². The quantitative estimate of drug-likeness (QED) is 0.850. The first kappa shape index (κ1) is 16.4. The highest BCUT2D eigenvalue weighted by Gasteiger charge is 2.29. The minimum absolute atomic E-state index is 0.0476. The molecule has 0 saturated carbocycles. The highest BCUT2D eigenvalue weighted by molar-refractivity contribution is 7.80. The van der Waals surface area contributed by atoms with Crippen LogP contribution in [0.4, 0.5) is 13.2 Å². The van der Waals surface area contributed by atoms with Crippen molar-refractivity contribution in [2.24, 2.45) is 5.73 Å². The fourth-order valence-electron chi connectivity index (χ4n) is 1.52. The van der Waals surface area contributed by atoms with E-state index in [1.807, 2.05) is 0 Å². The van der Waals surface area contributed by atoms with Crippen LogP contribution in [0.3, 0.4) is 0 Å². The summed E-state index contributed by atoms with van der Waals surface area (Å²) in [7, 11) is 1.60. The summed E-state index contributed by atoms with van der Waals surface area (Å²) in [5, 5.41) is 0. The number of alkyl halides is 3. The second-order valence-corrected chi connectivity index (χ2v) is 4.93. The Labute approximate surface area is 120 Å². The van der Waals surface area contributed by atoms with Crippen LogP contribution in [0.1, 0.15) is 17.5 Å². The first-order valence-electron chi connectivity index (χ1n) is 5.88. The standard InChI is InChI=1S/C13H15F3N2OS/c1-18(7-6-11(17)20)12(19)8-9-2-4-10(5-3-9)13(14,15)16/h2-5H,6-8H2,1H3,(H2,17,20). The van der Waals surface area contributed by atoms with E-state index < -0.39 is 11.7 Å². The summed E-state index contributed by atoms with van der Waals surface area (Å²) in [6, 6.07) is 4.56. The molecule has 1 aromatic rings. The third-order valence-corrected chi connectivity index (χ3v) is 2.96. The predicted octanol–water partition coefficient (Wildman–Crippen LogP) is 2.38. The van der Waals surface area contributed by atoms with E-state index in [0.29, 0.717) is 23.5 Å². The number of likely N-dealkylation sites (N-methyl/N-ethyl adjacent to an activating group) is 1. The van der Waals surface area contributed by atoms with Crippen LogP contribution in [0.25, 0.3) is 0 Å². The summed E-state index contributed by atoms with van der Waals surface area (Å²) in [4.78, 5) is 13.6. The summed E-state index contributed by atoms with van der Waals surface area (Å²) in [6.07, 6.45) is -3.90. The molecule has 0 unspecified atom stereocenters. The van der Waals surface area contributed by atoms with Gasteiger partial charge in [0.25, 0.3) is 0 Å². The number of benzene rings is 1. The zero-order chi connectivity index (χ0) is 15.3. The van der Waals surface area contributed by atoms with Crippen LogP contribution in [0.2, 0.25) is 0 Å². The van der Waals surface area contributed by atoms with Crippen LogP contribution < -0.4 is 5.73 Å². The molecule has 0 aliphatic heterocycles. The predicted molar refractivity (Wildman–Crippen MR) is 74.2 cm³/mol. The van der Waals surface area contributed by atoms with Crippen molar-refractivity contribution >= 4 is 23.1 Å². The van der Waals surface area contributed by atoms with Gasteiger partial charge in [-0.15, -0.1) is 0 Å². The van der Waals surface area contributed by atoms with Gasteiger partial charge in [-0.3, -0.25) is 4.79 Å². The van der Waals surface area contributed by atoms with Crippen LogP contribution in [-0.2, 0) is 17.4 Å². The van der Waals surface area contributed by atoms with Crippen molar-refractivity contribution in [1.82, 2.24) is 4.90 Å². The van der Waals surface area contributed by atoms with Crippen molar-refractivity contribution < 1.29 is 18.0 Å². The molecule has 0 aromatic heterocycles. The number of hydrogen-bond donors (Lipinski definition) is 1. The zero-order valence-electron chi connectivity index (χ0n) is 10.9. The van der Waals surface area contributed by atoms with Crippen LogP contribution >= 0.6 is 12.2 Å². The lowest BCUT2D eigenvalue weighted by molar-refractivity contribution is -0.137. The molecular formula is C13H15F3N2OS. The second-order valence-electron chi connectivity index (χ2n) is 4.40. The molecule has 1 rings (SSSR count). The van der Waals surface area contributed by atoms with Crippen molar-refractivity contribution in [2.45, 2.75) is 19.0 Å². The summed E-state index contributed by atoms with van der Waals surface area (Å²) in [5.74, 6) is -0.194. The Kier molecular flexibility index (Phi) is 5.50. The van der Waals surface area contributed by atoms with E-state index in [1.54, 1.807) is 7.05 Å². The van der Waals surface area contributed by atoms with E-state index in [0.717, 1.165) is 12.1 Å². The van der Waals surface area contributed by atoms with Gasteiger partial charge in [0.1, 0.15) is 0 Å². The molecule has 1 amide bonds. The molecule has 0 atom stereocenters. The molecule has 0 aliphatic carbocycles. The molecule has 7 heteroatoms. The number of carbonyl (C=O) groups is 1. The van der Waals surface area contributed by atoms with Gasteiger partial charge in [-0.2, -0.15) is 13.2 Å². The van der Waals surface area contributed by atoms with Gasteiger partial charge >= 0.3 is 6.18 Å². The van der Waals surface area contributed by atoms with E-state index in [4.69, 9.17) is 18.0 Å². The number of nitrogens with two attached hydrogens (primary N) is 1. The lowest BCUT2D eigenvalue weighted by Gasteiger charge is -2.17. The van der Waals surface area contributed by atoms with Crippen LogP contribution in [-0.4, -0.2) is 29.4 Å². The molecule has 110 valence electrons. The minimum Gasteiger partial charge on any atom is -0.393 e. The molecule has 0 heterocycles. The highest BCUT2D eigenvalue weighted by atomic mass is 32.1. The van der Waals surface area contributed by atoms with Crippen molar-refractivity contribution in [3.8, 4) is 0 Å². The topological polar surface area (TPSA) is 46.3 Å². The molecule has 0 fully saturated rings. The first-order valence-corrected chi connectivity index (χ1v) is 6.29. The van der Waals surface area contributed by atoms with Gasteiger partial charge in [0.05, 0.1) is 17.0 Å². The first-order chi connectivity index (χ1) is 9.20. The maximum Gasteiger partial charge on any atom is 0.416 e. The molecular weight excluding hydrogens is 289 g/mol. The Bertz CT molecular complexity index is 485. The Morgan fingerprint density at radius 3 is 2.30 bits per heavy atom. The van der Waals surface area contributed by atoms with Gasteiger partial charge in [0.2, 0.25) is 5.91 Å². The van der Waals surface area contributed by atoms with Gasteiger partial charge in [-0.1, -0.05) is 24.4 Å². The lowest BCUT2D eigenvalue weighted by atomic mass is 10.1. The maximum atomic E-state index is 12.4. The molecule has 2 N–H and O–H groups in total. The largest absolute Gasteiger partial charge is 0.416 e. The van der Waals surface area contributed by atoms with Crippen LogP contribution in [0.5, 0.6) is 0 Å². The Balaban J connectivity index is 2.60. The Hall–Kier alpha value is -1.63.